The molecule has 0 aliphatic heterocycles. The Kier molecular flexibility index (Phi) is 5.96. The number of carbonyl (C=O) groups is 1. The van der Waals surface area contributed by atoms with E-state index >= 15 is 0 Å². The Balaban J connectivity index is 1.63. The van der Waals surface area contributed by atoms with Crippen molar-refractivity contribution in [3.63, 3.8) is 0 Å². The molecular weight excluding hydrogens is 316 g/mol. The van der Waals surface area contributed by atoms with Crippen LogP contribution in [0.4, 0.5) is 10.5 Å². The van der Waals surface area contributed by atoms with Crippen LogP contribution >= 0.6 is 11.8 Å². The van der Waals surface area contributed by atoms with Crippen LogP contribution in [0.2, 0.25) is 0 Å². The lowest BCUT2D eigenvalue weighted by atomic mass is 9.96. The normalized spacial score (nSPS) is 14.1. The van der Waals surface area contributed by atoms with Crippen LogP contribution in [0, 0.1) is 0 Å². The lowest BCUT2D eigenvalue weighted by Crippen LogP contribution is -2.24. The van der Waals surface area contributed by atoms with Crippen LogP contribution in [0.5, 0.6) is 0 Å². The Morgan fingerprint density at radius 1 is 0.917 bits per heavy atom. The second-order valence-electron chi connectivity index (χ2n) is 5.87. The second kappa shape index (κ2) is 8.60. The molecule has 2 N–H and O–H groups in total. The first-order valence-electron chi connectivity index (χ1n) is 8.38. The maximum atomic E-state index is 12.2. The Labute approximate surface area is 147 Å². The van der Waals surface area contributed by atoms with Crippen LogP contribution in [0.1, 0.15) is 32.1 Å². The molecule has 0 spiro atoms. The van der Waals surface area contributed by atoms with Crippen molar-refractivity contribution in [1.82, 2.24) is 5.32 Å². The molecule has 1 aliphatic rings. The van der Waals surface area contributed by atoms with Gasteiger partial charge in [0.1, 0.15) is 0 Å². The molecule has 0 bridgehead atoms. The molecule has 0 aromatic heterocycles. The van der Waals surface area contributed by atoms with Gasteiger partial charge in [0.25, 0.3) is 0 Å². The zero-order valence-electron chi connectivity index (χ0n) is 13.6. The number of nitrogens with one attached hydrogen (secondary N) is 2. The van der Waals surface area contributed by atoms with Gasteiger partial charge in [0.15, 0.2) is 0 Å². The molecule has 124 valence electrons. The molecule has 24 heavy (non-hydrogen) atoms. The molecule has 4 heteroatoms. The summed E-state index contributed by atoms with van der Waals surface area (Å²) >= 11 is 1.64. The fourth-order valence-corrected chi connectivity index (χ4v) is 3.67. The summed E-state index contributed by atoms with van der Waals surface area (Å²) in [6.45, 7) is 0. The fraction of sp³-hybridized carbons (Fsp3) is 0.250. The van der Waals surface area contributed by atoms with Crippen molar-refractivity contribution in [2.45, 2.75) is 41.9 Å². The number of rotatable bonds is 4. The quantitative estimate of drug-likeness (QED) is 0.739. The molecule has 2 aromatic carbocycles. The van der Waals surface area contributed by atoms with E-state index in [9.17, 15) is 4.79 Å². The summed E-state index contributed by atoms with van der Waals surface area (Å²) in [6, 6.07) is 17.8. The Morgan fingerprint density at radius 3 is 2.42 bits per heavy atom. The van der Waals surface area contributed by atoms with Gasteiger partial charge in [-0.2, -0.15) is 0 Å². The van der Waals surface area contributed by atoms with Gasteiger partial charge in [0, 0.05) is 16.0 Å². The predicted octanol–water partition coefficient (Wildman–Crippen LogP) is 5.81. The van der Waals surface area contributed by atoms with Crippen LogP contribution in [0.25, 0.3) is 0 Å². The minimum absolute atomic E-state index is 0.186. The van der Waals surface area contributed by atoms with Gasteiger partial charge in [-0.3, -0.25) is 0 Å². The van der Waals surface area contributed by atoms with Gasteiger partial charge in [0.05, 0.1) is 5.69 Å². The van der Waals surface area contributed by atoms with Crippen LogP contribution < -0.4 is 10.6 Å². The highest BCUT2D eigenvalue weighted by atomic mass is 32.2. The van der Waals surface area contributed by atoms with Gasteiger partial charge in [-0.15, -0.1) is 0 Å². The summed E-state index contributed by atoms with van der Waals surface area (Å²) in [5.41, 5.74) is 2.16. The number of urea groups is 1. The molecule has 1 fully saturated rings. The van der Waals surface area contributed by atoms with Crippen LogP contribution in [-0.4, -0.2) is 6.03 Å². The zero-order valence-corrected chi connectivity index (χ0v) is 14.4. The SMILES string of the molecule is O=C(NC=C1CCCCC1)Nc1ccccc1Sc1ccccc1. The molecule has 0 heterocycles. The van der Waals surface area contributed by atoms with Gasteiger partial charge in [0.2, 0.25) is 0 Å². The lowest BCUT2D eigenvalue weighted by molar-refractivity contribution is 0.255. The van der Waals surface area contributed by atoms with Gasteiger partial charge in [-0.1, -0.05) is 54.1 Å². The zero-order chi connectivity index (χ0) is 16.6. The maximum absolute atomic E-state index is 12.2. The van der Waals surface area contributed by atoms with Crippen molar-refractivity contribution in [2.24, 2.45) is 0 Å². The minimum atomic E-state index is -0.186. The number of benzene rings is 2. The molecule has 2 aromatic rings. The average molecular weight is 338 g/mol. The monoisotopic (exact) mass is 338 g/mol. The summed E-state index contributed by atoms with van der Waals surface area (Å²) in [7, 11) is 0. The van der Waals surface area contributed by atoms with E-state index in [1.165, 1.54) is 24.8 Å². The average Bonchev–Trinajstić information content (AvgIpc) is 2.63. The summed E-state index contributed by atoms with van der Waals surface area (Å²) in [4.78, 5) is 14.4. The third kappa shape index (κ3) is 4.90. The standard InChI is InChI=1S/C20H22N2OS/c23-20(21-15-16-9-3-1-4-10-16)22-18-13-7-8-14-19(18)24-17-11-5-2-6-12-17/h2,5-8,11-15H,1,3-4,9-10H2,(H2,21,22,23). The molecule has 3 rings (SSSR count). The first-order valence-corrected chi connectivity index (χ1v) is 9.20. The topological polar surface area (TPSA) is 41.1 Å². The van der Waals surface area contributed by atoms with Crippen molar-refractivity contribution in [3.8, 4) is 0 Å². The molecule has 2 amide bonds. The molecule has 3 nitrogen and oxygen atoms in total. The Bertz CT molecular complexity index is 705. The Hall–Kier alpha value is -2.20. The molecule has 0 unspecified atom stereocenters. The molecule has 1 saturated carbocycles. The fourth-order valence-electron chi connectivity index (χ4n) is 2.75. The number of amides is 2. The van der Waals surface area contributed by atoms with E-state index in [1.807, 2.05) is 48.7 Å². The van der Waals surface area contributed by atoms with E-state index in [0.29, 0.717) is 0 Å². The number of para-hydroxylation sites is 1. The number of carbonyl (C=O) groups excluding carboxylic acids is 1. The van der Waals surface area contributed by atoms with Crippen molar-refractivity contribution in [2.75, 3.05) is 5.32 Å². The largest absolute Gasteiger partial charge is 0.323 e. The van der Waals surface area contributed by atoms with E-state index in [1.54, 1.807) is 11.8 Å². The summed E-state index contributed by atoms with van der Waals surface area (Å²) in [6.07, 6.45) is 7.83. The summed E-state index contributed by atoms with van der Waals surface area (Å²) < 4.78 is 0. The van der Waals surface area contributed by atoms with Crippen molar-refractivity contribution >= 4 is 23.5 Å². The minimum Gasteiger partial charge on any atom is -0.314 e. The Morgan fingerprint density at radius 2 is 1.62 bits per heavy atom. The summed E-state index contributed by atoms with van der Waals surface area (Å²) in [5, 5.41) is 5.83. The van der Waals surface area contributed by atoms with Gasteiger partial charge >= 0.3 is 6.03 Å². The van der Waals surface area contributed by atoms with Gasteiger partial charge in [-0.05, 0) is 49.9 Å². The smallest absolute Gasteiger partial charge is 0.314 e. The number of hydrogen-bond acceptors (Lipinski definition) is 2. The van der Waals surface area contributed by atoms with Crippen molar-refractivity contribution in [1.29, 1.82) is 0 Å². The van der Waals surface area contributed by atoms with Crippen molar-refractivity contribution in [3.05, 3.63) is 66.4 Å². The predicted molar refractivity (Wildman–Crippen MR) is 100 cm³/mol. The molecule has 0 atom stereocenters. The summed E-state index contributed by atoms with van der Waals surface area (Å²) in [5.74, 6) is 0. The van der Waals surface area contributed by atoms with E-state index in [4.69, 9.17) is 0 Å². The second-order valence-corrected chi connectivity index (χ2v) is 6.99. The lowest BCUT2D eigenvalue weighted by Gasteiger charge is -2.14. The first-order chi connectivity index (χ1) is 11.8. The third-order valence-electron chi connectivity index (χ3n) is 4.01. The highest BCUT2D eigenvalue weighted by Crippen LogP contribution is 2.33. The highest BCUT2D eigenvalue weighted by molar-refractivity contribution is 7.99. The van der Waals surface area contributed by atoms with Crippen LogP contribution in [0.3, 0.4) is 0 Å². The number of allylic oxidation sites excluding steroid dienone is 1. The molecule has 1 aliphatic carbocycles. The first kappa shape index (κ1) is 16.7. The van der Waals surface area contributed by atoms with Crippen LogP contribution in [0.15, 0.2) is 76.2 Å². The third-order valence-corrected chi connectivity index (χ3v) is 5.09. The van der Waals surface area contributed by atoms with Gasteiger partial charge < -0.3 is 10.6 Å². The van der Waals surface area contributed by atoms with E-state index in [0.717, 1.165) is 28.3 Å². The number of hydrogen-bond donors (Lipinski definition) is 2. The molecular formula is C20H22N2OS. The highest BCUT2D eigenvalue weighted by Gasteiger charge is 2.08. The maximum Gasteiger partial charge on any atom is 0.323 e. The molecule has 0 saturated heterocycles. The number of anilines is 1. The van der Waals surface area contributed by atoms with Crippen molar-refractivity contribution < 1.29 is 4.79 Å². The van der Waals surface area contributed by atoms with E-state index < -0.39 is 0 Å². The molecule has 0 radical (unpaired) electrons. The van der Waals surface area contributed by atoms with Crippen LogP contribution in [-0.2, 0) is 0 Å². The van der Waals surface area contributed by atoms with E-state index in [2.05, 4.69) is 22.8 Å². The van der Waals surface area contributed by atoms with E-state index in [-0.39, 0.29) is 6.03 Å². The van der Waals surface area contributed by atoms with Gasteiger partial charge in [-0.25, -0.2) is 4.79 Å².